The largest absolute Gasteiger partial charge is 0.489 e. The Morgan fingerprint density at radius 3 is 2.74 bits per heavy atom. The molecular formula is C19H21NO3. The van der Waals surface area contributed by atoms with E-state index in [0.717, 1.165) is 25.0 Å². The molecule has 1 saturated heterocycles. The minimum absolute atomic E-state index is 0.141. The number of nitrogens with one attached hydrogen (secondary N) is 1. The van der Waals surface area contributed by atoms with Gasteiger partial charge in [0.2, 0.25) is 0 Å². The van der Waals surface area contributed by atoms with E-state index in [9.17, 15) is 4.79 Å². The highest BCUT2D eigenvalue weighted by Crippen LogP contribution is 2.25. The number of para-hydroxylation sites is 2. The van der Waals surface area contributed by atoms with Crippen molar-refractivity contribution in [2.45, 2.75) is 25.9 Å². The van der Waals surface area contributed by atoms with Crippen molar-refractivity contribution < 1.29 is 14.3 Å². The van der Waals surface area contributed by atoms with Gasteiger partial charge in [-0.25, -0.2) is 0 Å². The van der Waals surface area contributed by atoms with E-state index in [1.165, 1.54) is 0 Å². The molecule has 1 aliphatic heterocycles. The molecule has 1 aliphatic rings. The summed E-state index contributed by atoms with van der Waals surface area (Å²) in [6.07, 6.45) is 2.26. The van der Waals surface area contributed by atoms with Gasteiger partial charge in [-0.05, 0) is 44.0 Å². The van der Waals surface area contributed by atoms with Gasteiger partial charge < -0.3 is 14.8 Å². The molecule has 0 aliphatic carbocycles. The van der Waals surface area contributed by atoms with Crippen molar-refractivity contribution in [3.05, 3.63) is 59.7 Å². The van der Waals surface area contributed by atoms with Gasteiger partial charge in [-0.1, -0.05) is 29.8 Å². The van der Waals surface area contributed by atoms with Crippen LogP contribution in [0.4, 0.5) is 5.69 Å². The average Bonchev–Trinajstić information content (AvgIpc) is 3.08. The van der Waals surface area contributed by atoms with Crippen LogP contribution in [0.1, 0.15) is 28.8 Å². The van der Waals surface area contributed by atoms with Crippen LogP contribution >= 0.6 is 0 Å². The molecule has 4 nitrogen and oxygen atoms in total. The first-order valence-corrected chi connectivity index (χ1v) is 7.94. The Bertz CT molecular complexity index is 661. The predicted molar refractivity (Wildman–Crippen MR) is 90.0 cm³/mol. The van der Waals surface area contributed by atoms with Gasteiger partial charge in [0.1, 0.15) is 12.4 Å². The van der Waals surface area contributed by atoms with E-state index in [4.69, 9.17) is 9.47 Å². The summed E-state index contributed by atoms with van der Waals surface area (Å²) in [5.74, 6) is 0.529. The van der Waals surface area contributed by atoms with Crippen molar-refractivity contribution in [1.82, 2.24) is 0 Å². The Hall–Kier alpha value is -2.33. The lowest BCUT2D eigenvalue weighted by molar-refractivity contribution is 0.0682. The number of hydrogen-bond acceptors (Lipinski definition) is 3. The van der Waals surface area contributed by atoms with E-state index in [0.29, 0.717) is 23.6 Å². The van der Waals surface area contributed by atoms with Crippen LogP contribution in [0.15, 0.2) is 48.5 Å². The van der Waals surface area contributed by atoms with Crippen LogP contribution in [0.25, 0.3) is 0 Å². The van der Waals surface area contributed by atoms with E-state index >= 15 is 0 Å². The number of rotatable bonds is 5. The van der Waals surface area contributed by atoms with Gasteiger partial charge in [-0.2, -0.15) is 0 Å². The van der Waals surface area contributed by atoms with Crippen molar-refractivity contribution in [2.75, 3.05) is 18.5 Å². The molecule has 1 fully saturated rings. The van der Waals surface area contributed by atoms with Crippen LogP contribution in [0.2, 0.25) is 0 Å². The first-order valence-electron chi connectivity index (χ1n) is 7.94. The van der Waals surface area contributed by atoms with E-state index in [1.807, 2.05) is 55.5 Å². The Labute approximate surface area is 136 Å². The summed E-state index contributed by atoms with van der Waals surface area (Å²) in [6, 6.07) is 15.0. The maximum atomic E-state index is 12.3. The minimum Gasteiger partial charge on any atom is -0.489 e. The van der Waals surface area contributed by atoms with E-state index in [-0.39, 0.29) is 12.0 Å². The highest BCUT2D eigenvalue weighted by Gasteiger charge is 2.17. The molecule has 0 unspecified atom stereocenters. The molecule has 1 heterocycles. The molecule has 0 bridgehead atoms. The molecule has 0 saturated carbocycles. The van der Waals surface area contributed by atoms with Crippen molar-refractivity contribution >= 4 is 11.6 Å². The van der Waals surface area contributed by atoms with Crippen molar-refractivity contribution in [2.24, 2.45) is 0 Å². The quantitative estimate of drug-likeness (QED) is 0.913. The van der Waals surface area contributed by atoms with Crippen molar-refractivity contribution in [1.29, 1.82) is 0 Å². The van der Waals surface area contributed by atoms with E-state index in [1.54, 1.807) is 0 Å². The SMILES string of the molecule is Cc1ccc(C(=O)Nc2ccccc2OC[C@H]2CCCO2)cc1. The highest BCUT2D eigenvalue weighted by molar-refractivity contribution is 6.05. The molecule has 0 radical (unpaired) electrons. The molecule has 23 heavy (non-hydrogen) atoms. The van der Waals surface area contributed by atoms with Gasteiger partial charge in [0.05, 0.1) is 11.8 Å². The first kappa shape index (κ1) is 15.6. The molecule has 1 amide bonds. The number of carbonyl (C=O) groups is 1. The number of ether oxygens (including phenoxy) is 2. The van der Waals surface area contributed by atoms with Crippen LogP contribution in [0.3, 0.4) is 0 Å². The van der Waals surface area contributed by atoms with Crippen LogP contribution in [-0.4, -0.2) is 25.2 Å². The number of benzene rings is 2. The molecule has 0 spiro atoms. The Morgan fingerprint density at radius 2 is 2.00 bits per heavy atom. The average molecular weight is 311 g/mol. The van der Waals surface area contributed by atoms with Gasteiger partial charge in [0.25, 0.3) is 5.91 Å². The molecule has 3 rings (SSSR count). The Morgan fingerprint density at radius 1 is 1.22 bits per heavy atom. The third kappa shape index (κ3) is 4.11. The van der Waals surface area contributed by atoms with Gasteiger partial charge in [-0.3, -0.25) is 4.79 Å². The maximum absolute atomic E-state index is 12.3. The number of amides is 1. The summed E-state index contributed by atoms with van der Waals surface area (Å²) in [5, 5.41) is 2.92. The van der Waals surface area contributed by atoms with Crippen molar-refractivity contribution in [3.63, 3.8) is 0 Å². The second-order valence-electron chi connectivity index (χ2n) is 5.76. The van der Waals surface area contributed by atoms with E-state index in [2.05, 4.69) is 5.32 Å². The summed E-state index contributed by atoms with van der Waals surface area (Å²) in [5.41, 5.74) is 2.43. The van der Waals surface area contributed by atoms with Gasteiger partial charge in [0, 0.05) is 12.2 Å². The summed E-state index contributed by atoms with van der Waals surface area (Å²) >= 11 is 0. The van der Waals surface area contributed by atoms with Gasteiger partial charge in [-0.15, -0.1) is 0 Å². The molecular weight excluding hydrogens is 290 g/mol. The summed E-state index contributed by atoms with van der Waals surface area (Å²) < 4.78 is 11.4. The molecule has 2 aromatic carbocycles. The third-order valence-corrected chi connectivity index (χ3v) is 3.90. The zero-order chi connectivity index (χ0) is 16.1. The topological polar surface area (TPSA) is 47.6 Å². The molecule has 2 aromatic rings. The second kappa shape index (κ2) is 7.29. The lowest BCUT2D eigenvalue weighted by atomic mass is 10.1. The predicted octanol–water partition coefficient (Wildman–Crippen LogP) is 3.81. The van der Waals surface area contributed by atoms with Gasteiger partial charge >= 0.3 is 0 Å². The number of aryl methyl sites for hydroxylation is 1. The molecule has 1 atom stereocenters. The zero-order valence-electron chi connectivity index (χ0n) is 13.2. The standard InChI is InChI=1S/C19H21NO3/c1-14-8-10-15(11-9-14)19(21)20-17-6-2-3-7-18(17)23-13-16-5-4-12-22-16/h2-3,6-11,16H,4-5,12-13H2,1H3,(H,20,21)/t16-/m1/s1. The second-order valence-corrected chi connectivity index (χ2v) is 5.76. The first-order chi connectivity index (χ1) is 11.2. The molecule has 0 aromatic heterocycles. The molecule has 1 N–H and O–H groups in total. The van der Waals surface area contributed by atoms with Crippen molar-refractivity contribution in [3.8, 4) is 5.75 Å². The molecule has 4 heteroatoms. The fourth-order valence-electron chi connectivity index (χ4n) is 2.55. The number of carbonyl (C=O) groups excluding carboxylic acids is 1. The smallest absolute Gasteiger partial charge is 0.255 e. The van der Waals surface area contributed by atoms with Gasteiger partial charge in [0.15, 0.2) is 0 Å². The zero-order valence-corrected chi connectivity index (χ0v) is 13.2. The summed E-state index contributed by atoms with van der Waals surface area (Å²) in [6.45, 7) is 3.31. The van der Waals surface area contributed by atoms with E-state index < -0.39 is 0 Å². The van der Waals surface area contributed by atoms with Crippen LogP contribution < -0.4 is 10.1 Å². The fraction of sp³-hybridized carbons (Fsp3) is 0.316. The fourth-order valence-corrected chi connectivity index (χ4v) is 2.55. The summed E-state index contributed by atoms with van der Waals surface area (Å²) in [7, 11) is 0. The monoisotopic (exact) mass is 311 g/mol. The lowest BCUT2D eigenvalue weighted by Crippen LogP contribution is -2.18. The Kier molecular flexibility index (Phi) is 4.93. The normalized spacial score (nSPS) is 17.0. The van der Waals surface area contributed by atoms with Crippen LogP contribution in [0.5, 0.6) is 5.75 Å². The molecule has 120 valence electrons. The summed E-state index contributed by atoms with van der Waals surface area (Å²) in [4.78, 5) is 12.3. The number of anilines is 1. The minimum atomic E-state index is -0.141. The lowest BCUT2D eigenvalue weighted by Gasteiger charge is -2.15. The highest BCUT2D eigenvalue weighted by atomic mass is 16.5. The van der Waals surface area contributed by atoms with Crippen LogP contribution in [0, 0.1) is 6.92 Å². The van der Waals surface area contributed by atoms with Crippen LogP contribution in [-0.2, 0) is 4.74 Å². The maximum Gasteiger partial charge on any atom is 0.255 e. The Balaban J connectivity index is 1.67. The third-order valence-electron chi connectivity index (χ3n) is 3.90. The number of hydrogen-bond donors (Lipinski definition) is 1.